The number of carbonyl (C=O) groups excluding carboxylic acids is 1. The maximum absolute atomic E-state index is 12.0. The molecule has 24 heavy (non-hydrogen) atoms. The van der Waals surface area contributed by atoms with Crippen LogP contribution in [0.5, 0.6) is 5.75 Å². The van der Waals surface area contributed by atoms with Crippen molar-refractivity contribution in [2.75, 3.05) is 6.61 Å². The number of ether oxygens (including phenoxy) is 1. The van der Waals surface area contributed by atoms with Gasteiger partial charge in [0.1, 0.15) is 15.6 Å². The SMILES string of the molecule is CCOC(=O)c1sc(-c2ccc(O)c(C=C3CCCC3)c2)nc1C. The molecule has 1 aromatic heterocycles. The number of phenols is 1. The van der Waals surface area contributed by atoms with Crippen molar-refractivity contribution >= 4 is 23.4 Å². The Labute approximate surface area is 145 Å². The lowest BCUT2D eigenvalue weighted by Crippen LogP contribution is -2.03. The second-order valence-corrected chi connectivity index (χ2v) is 6.94. The topological polar surface area (TPSA) is 59.4 Å². The van der Waals surface area contributed by atoms with Gasteiger partial charge in [-0.15, -0.1) is 11.3 Å². The Bertz CT molecular complexity index is 784. The first-order valence-electron chi connectivity index (χ1n) is 8.26. The standard InChI is InChI=1S/C19H21NO3S/c1-3-23-19(22)17-12(2)20-18(24-17)14-8-9-16(21)15(11-14)10-13-6-4-5-7-13/h8-11,21H,3-7H2,1-2H3. The van der Waals surface area contributed by atoms with E-state index in [1.807, 2.05) is 19.1 Å². The largest absolute Gasteiger partial charge is 0.507 e. The fourth-order valence-electron chi connectivity index (χ4n) is 2.90. The van der Waals surface area contributed by atoms with E-state index >= 15 is 0 Å². The monoisotopic (exact) mass is 343 g/mol. The summed E-state index contributed by atoms with van der Waals surface area (Å²) in [6.45, 7) is 3.95. The fraction of sp³-hybridized carbons (Fsp3) is 0.368. The summed E-state index contributed by atoms with van der Waals surface area (Å²) < 4.78 is 5.07. The Balaban J connectivity index is 1.94. The number of rotatable bonds is 4. The number of hydrogen-bond donors (Lipinski definition) is 1. The normalized spacial score (nSPS) is 14.0. The smallest absolute Gasteiger partial charge is 0.350 e. The average molecular weight is 343 g/mol. The summed E-state index contributed by atoms with van der Waals surface area (Å²) in [5, 5.41) is 10.9. The van der Waals surface area contributed by atoms with E-state index in [1.165, 1.54) is 29.8 Å². The van der Waals surface area contributed by atoms with Crippen molar-refractivity contribution in [1.82, 2.24) is 4.98 Å². The third-order valence-corrected chi connectivity index (χ3v) is 5.32. The summed E-state index contributed by atoms with van der Waals surface area (Å²) in [5.74, 6) is -0.0529. The van der Waals surface area contributed by atoms with Gasteiger partial charge in [-0.05, 0) is 57.7 Å². The molecule has 0 saturated heterocycles. The highest BCUT2D eigenvalue weighted by Crippen LogP contribution is 2.34. The van der Waals surface area contributed by atoms with E-state index < -0.39 is 0 Å². The molecule has 1 heterocycles. The van der Waals surface area contributed by atoms with Crippen LogP contribution in [0.4, 0.5) is 0 Å². The number of nitrogens with zero attached hydrogens (tertiary/aromatic N) is 1. The molecule has 0 spiro atoms. The summed E-state index contributed by atoms with van der Waals surface area (Å²) in [5.41, 5.74) is 3.78. The Morgan fingerprint density at radius 2 is 2.12 bits per heavy atom. The van der Waals surface area contributed by atoms with Crippen molar-refractivity contribution in [3.05, 3.63) is 39.9 Å². The highest BCUT2D eigenvalue weighted by molar-refractivity contribution is 7.17. The van der Waals surface area contributed by atoms with Crippen LogP contribution in [0, 0.1) is 6.92 Å². The zero-order valence-electron chi connectivity index (χ0n) is 14.0. The highest BCUT2D eigenvalue weighted by Gasteiger charge is 2.18. The quantitative estimate of drug-likeness (QED) is 0.797. The molecule has 3 rings (SSSR count). The molecule has 0 unspecified atom stereocenters. The summed E-state index contributed by atoms with van der Waals surface area (Å²) in [6, 6.07) is 5.46. The predicted octanol–water partition coefficient (Wildman–Crippen LogP) is 4.96. The van der Waals surface area contributed by atoms with Crippen LogP contribution < -0.4 is 0 Å². The van der Waals surface area contributed by atoms with E-state index in [0.717, 1.165) is 29.0 Å². The van der Waals surface area contributed by atoms with Gasteiger partial charge in [0.2, 0.25) is 0 Å². The minimum atomic E-state index is -0.328. The minimum Gasteiger partial charge on any atom is -0.507 e. The van der Waals surface area contributed by atoms with Crippen molar-refractivity contribution in [1.29, 1.82) is 0 Å². The minimum absolute atomic E-state index is 0.275. The van der Waals surface area contributed by atoms with Crippen LogP contribution >= 0.6 is 11.3 Å². The number of allylic oxidation sites excluding steroid dienone is 1. The number of phenolic OH excluding ortho intramolecular Hbond substituents is 1. The van der Waals surface area contributed by atoms with Crippen molar-refractivity contribution in [3.63, 3.8) is 0 Å². The Morgan fingerprint density at radius 1 is 1.38 bits per heavy atom. The molecule has 1 saturated carbocycles. The third kappa shape index (κ3) is 3.51. The molecule has 4 nitrogen and oxygen atoms in total. The molecule has 1 aromatic carbocycles. The molecular weight excluding hydrogens is 322 g/mol. The van der Waals surface area contributed by atoms with Crippen LogP contribution in [0.3, 0.4) is 0 Å². The average Bonchev–Trinajstić information content (AvgIpc) is 3.19. The lowest BCUT2D eigenvalue weighted by Gasteiger charge is -2.04. The second-order valence-electron chi connectivity index (χ2n) is 5.94. The Morgan fingerprint density at radius 3 is 2.83 bits per heavy atom. The van der Waals surface area contributed by atoms with Gasteiger partial charge in [-0.1, -0.05) is 11.6 Å². The molecule has 0 radical (unpaired) electrons. The van der Waals surface area contributed by atoms with Crippen LogP contribution in [-0.2, 0) is 4.74 Å². The Hall–Kier alpha value is -2.14. The number of aryl methyl sites for hydroxylation is 1. The van der Waals surface area contributed by atoms with Gasteiger partial charge >= 0.3 is 5.97 Å². The van der Waals surface area contributed by atoms with Crippen molar-refractivity contribution < 1.29 is 14.6 Å². The summed E-state index contributed by atoms with van der Waals surface area (Å²) in [7, 11) is 0. The Kier molecular flexibility index (Phi) is 5.00. The van der Waals surface area contributed by atoms with Gasteiger partial charge in [-0.3, -0.25) is 0 Å². The van der Waals surface area contributed by atoms with E-state index in [2.05, 4.69) is 11.1 Å². The van der Waals surface area contributed by atoms with Crippen molar-refractivity contribution in [3.8, 4) is 16.3 Å². The highest BCUT2D eigenvalue weighted by atomic mass is 32.1. The van der Waals surface area contributed by atoms with E-state index in [0.29, 0.717) is 17.2 Å². The van der Waals surface area contributed by atoms with E-state index in [-0.39, 0.29) is 11.7 Å². The molecule has 126 valence electrons. The van der Waals surface area contributed by atoms with Gasteiger partial charge in [0.25, 0.3) is 0 Å². The summed E-state index contributed by atoms with van der Waals surface area (Å²) in [6.07, 6.45) is 6.74. The number of esters is 1. The molecule has 0 atom stereocenters. The second kappa shape index (κ2) is 7.18. The third-order valence-electron chi connectivity index (χ3n) is 4.14. The van der Waals surface area contributed by atoms with Gasteiger partial charge in [0, 0.05) is 11.1 Å². The first-order chi connectivity index (χ1) is 11.6. The van der Waals surface area contributed by atoms with E-state index in [9.17, 15) is 9.90 Å². The molecule has 1 aliphatic carbocycles. The van der Waals surface area contributed by atoms with Gasteiger partial charge < -0.3 is 9.84 Å². The predicted molar refractivity (Wildman–Crippen MR) is 96.4 cm³/mol. The number of benzene rings is 1. The first kappa shape index (κ1) is 16.7. The lowest BCUT2D eigenvalue weighted by atomic mass is 10.1. The lowest BCUT2D eigenvalue weighted by molar-refractivity contribution is 0.0531. The zero-order valence-corrected chi connectivity index (χ0v) is 14.8. The maximum Gasteiger partial charge on any atom is 0.350 e. The molecule has 1 aliphatic rings. The van der Waals surface area contributed by atoms with E-state index in [1.54, 1.807) is 13.0 Å². The van der Waals surface area contributed by atoms with Crippen LogP contribution in [0.1, 0.15) is 53.5 Å². The fourth-order valence-corrected chi connectivity index (χ4v) is 3.86. The molecule has 0 aliphatic heterocycles. The number of thiazole rings is 1. The summed E-state index contributed by atoms with van der Waals surface area (Å²) >= 11 is 1.33. The molecule has 1 N–H and O–H groups in total. The van der Waals surface area contributed by atoms with Gasteiger partial charge in [0.15, 0.2) is 0 Å². The molecule has 0 amide bonds. The number of hydrogen-bond acceptors (Lipinski definition) is 5. The summed E-state index contributed by atoms with van der Waals surface area (Å²) in [4.78, 5) is 17.0. The zero-order chi connectivity index (χ0) is 17.1. The maximum atomic E-state index is 12.0. The van der Waals surface area contributed by atoms with Gasteiger partial charge in [-0.25, -0.2) is 9.78 Å². The van der Waals surface area contributed by atoms with Crippen LogP contribution in [-0.4, -0.2) is 22.7 Å². The van der Waals surface area contributed by atoms with E-state index in [4.69, 9.17) is 4.74 Å². The van der Waals surface area contributed by atoms with Gasteiger partial charge in [0.05, 0.1) is 12.3 Å². The van der Waals surface area contributed by atoms with Crippen molar-refractivity contribution in [2.24, 2.45) is 0 Å². The van der Waals surface area contributed by atoms with Crippen LogP contribution in [0.2, 0.25) is 0 Å². The van der Waals surface area contributed by atoms with Gasteiger partial charge in [-0.2, -0.15) is 0 Å². The van der Waals surface area contributed by atoms with Crippen LogP contribution in [0.25, 0.3) is 16.6 Å². The molecule has 1 fully saturated rings. The number of aromatic hydroxyl groups is 1. The molecule has 2 aromatic rings. The number of aromatic nitrogens is 1. The molecular formula is C19H21NO3S. The first-order valence-corrected chi connectivity index (χ1v) is 9.07. The van der Waals surface area contributed by atoms with Crippen molar-refractivity contribution in [2.45, 2.75) is 39.5 Å². The molecule has 5 heteroatoms. The number of carbonyl (C=O) groups is 1. The van der Waals surface area contributed by atoms with Crippen LogP contribution in [0.15, 0.2) is 23.8 Å². The molecule has 0 bridgehead atoms.